The molecule has 0 saturated heterocycles. The minimum absolute atomic E-state index is 0.0326. The molecule has 1 amide bonds. The molecule has 118 valence electrons. The summed E-state index contributed by atoms with van der Waals surface area (Å²) in [6.07, 6.45) is 0. The monoisotopic (exact) mass is 373 g/mol. The van der Waals surface area contributed by atoms with Gasteiger partial charge in [0.05, 0.1) is 22.2 Å². The fourth-order valence-electron chi connectivity index (χ4n) is 1.56. The van der Waals surface area contributed by atoms with Gasteiger partial charge in [-0.05, 0) is 26.0 Å². The molecule has 1 aromatic rings. The Balaban J connectivity index is 3.10. The van der Waals surface area contributed by atoms with E-state index >= 15 is 0 Å². The Labute approximate surface area is 137 Å². The molecule has 21 heavy (non-hydrogen) atoms. The van der Waals surface area contributed by atoms with Crippen molar-refractivity contribution in [3.8, 4) is 0 Å². The van der Waals surface area contributed by atoms with Gasteiger partial charge in [0.15, 0.2) is 0 Å². The van der Waals surface area contributed by atoms with Crippen molar-refractivity contribution in [1.82, 2.24) is 5.32 Å². The number of carbonyl (C=O) groups excluding carboxylic acids is 1. The molecule has 0 bridgehead atoms. The predicted octanol–water partition coefficient (Wildman–Crippen LogP) is 3.08. The minimum Gasteiger partial charge on any atom is -0.380 e. The summed E-state index contributed by atoms with van der Waals surface area (Å²) in [5, 5.41) is 2.35. The van der Waals surface area contributed by atoms with E-state index in [9.17, 15) is 13.2 Å². The van der Waals surface area contributed by atoms with Gasteiger partial charge in [-0.1, -0.05) is 23.2 Å². The summed E-state index contributed by atoms with van der Waals surface area (Å²) >= 11 is 11.9. The van der Waals surface area contributed by atoms with E-state index in [2.05, 4.69) is 5.32 Å². The molecule has 0 heterocycles. The largest absolute Gasteiger partial charge is 0.380 e. The zero-order chi connectivity index (χ0) is 16.2. The maximum atomic E-state index is 12.2. The Morgan fingerprint density at radius 1 is 1.38 bits per heavy atom. The number of carbonyl (C=O) groups is 1. The van der Waals surface area contributed by atoms with Crippen molar-refractivity contribution in [2.75, 3.05) is 13.2 Å². The Morgan fingerprint density at radius 3 is 2.52 bits per heavy atom. The molecule has 0 aliphatic carbocycles. The van der Waals surface area contributed by atoms with Crippen LogP contribution in [0.4, 0.5) is 0 Å². The zero-order valence-corrected chi connectivity index (χ0v) is 14.4. The van der Waals surface area contributed by atoms with Crippen molar-refractivity contribution >= 4 is 48.8 Å². The van der Waals surface area contributed by atoms with E-state index in [1.165, 1.54) is 6.07 Å². The summed E-state index contributed by atoms with van der Waals surface area (Å²) in [6, 6.07) is 2.11. The first-order valence-corrected chi connectivity index (χ1v) is 9.06. The third kappa shape index (κ3) is 5.00. The summed E-state index contributed by atoms with van der Waals surface area (Å²) in [7, 11) is 1.19. The van der Waals surface area contributed by atoms with Crippen molar-refractivity contribution in [3.63, 3.8) is 0 Å². The van der Waals surface area contributed by atoms with Crippen LogP contribution in [-0.4, -0.2) is 33.6 Å². The molecule has 0 fully saturated rings. The van der Waals surface area contributed by atoms with Gasteiger partial charge in [0, 0.05) is 23.3 Å². The zero-order valence-electron chi connectivity index (χ0n) is 11.3. The molecular weight excluding hydrogens is 361 g/mol. The van der Waals surface area contributed by atoms with Gasteiger partial charge in [0.25, 0.3) is 15.0 Å². The van der Waals surface area contributed by atoms with Crippen LogP contribution < -0.4 is 5.32 Å². The third-order valence-electron chi connectivity index (χ3n) is 2.49. The standard InChI is InChI=1S/C12H14Cl3NO4S/c1-3-20-6-7(2)16-12(17)10-8(13)4-5-9(11(10)14)21(15,18)19/h4-5,7H,3,6H2,1-2H3,(H,16,17). The van der Waals surface area contributed by atoms with Gasteiger partial charge in [0.1, 0.15) is 4.90 Å². The van der Waals surface area contributed by atoms with E-state index < -0.39 is 15.0 Å². The molecule has 1 unspecified atom stereocenters. The van der Waals surface area contributed by atoms with Gasteiger partial charge >= 0.3 is 0 Å². The van der Waals surface area contributed by atoms with Crippen LogP contribution in [0, 0.1) is 0 Å². The van der Waals surface area contributed by atoms with Crippen LogP contribution in [0.2, 0.25) is 10.0 Å². The van der Waals surface area contributed by atoms with Gasteiger partial charge in [-0.25, -0.2) is 8.42 Å². The summed E-state index contributed by atoms with van der Waals surface area (Å²) in [6.45, 7) is 4.39. The molecule has 0 aliphatic rings. The molecule has 0 radical (unpaired) electrons. The molecule has 5 nitrogen and oxygen atoms in total. The Bertz CT molecular complexity index is 634. The highest BCUT2D eigenvalue weighted by molar-refractivity contribution is 8.13. The quantitative estimate of drug-likeness (QED) is 0.777. The second-order valence-corrected chi connectivity index (χ2v) is 7.53. The first-order chi connectivity index (χ1) is 9.68. The van der Waals surface area contributed by atoms with Crippen LogP contribution in [0.3, 0.4) is 0 Å². The molecule has 0 aliphatic heterocycles. The van der Waals surface area contributed by atoms with Crippen LogP contribution in [0.25, 0.3) is 0 Å². The fraction of sp³-hybridized carbons (Fsp3) is 0.417. The SMILES string of the molecule is CCOCC(C)NC(=O)c1c(Cl)ccc(S(=O)(=O)Cl)c1Cl. The lowest BCUT2D eigenvalue weighted by Crippen LogP contribution is -2.36. The van der Waals surface area contributed by atoms with Crippen molar-refractivity contribution in [2.45, 2.75) is 24.8 Å². The Morgan fingerprint density at radius 2 is 2.00 bits per heavy atom. The molecule has 1 rings (SSSR count). The molecule has 9 heteroatoms. The minimum atomic E-state index is -4.07. The normalized spacial score (nSPS) is 13.0. The van der Waals surface area contributed by atoms with E-state index in [-0.39, 0.29) is 26.5 Å². The van der Waals surface area contributed by atoms with Crippen molar-refractivity contribution in [3.05, 3.63) is 27.7 Å². The van der Waals surface area contributed by atoms with Crippen LogP contribution in [0.15, 0.2) is 17.0 Å². The lowest BCUT2D eigenvalue weighted by Gasteiger charge is -2.15. The third-order valence-corrected chi connectivity index (χ3v) is 4.68. The first-order valence-electron chi connectivity index (χ1n) is 5.99. The summed E-state index contributed by atoms with van der Waals surface area (Å²) in [5.41, 5.74) is -0.136. The van der Waals surface area contributed by atoms with Gasteiger partial charge < -0.3 is 10.1 Å². The highest BCUT2D eigenvalue weighted by atomic mass is 35.7. The van der Waals surface area contributed by atoms with Gasteiger partial charge in [-0.3, -0.25) is 4.79 Å². The fourth-order valence-corrected chi connectivity index (χ4v) is 3.46. The van der Waals surface area contributed by atoms with Gasteiger partial charge in [-0.15, -0.1) is 0 Å². The van der Waals surface area contributed by atoms with Gasteiger partial charge in [-0.2, -0.15) is 0 Å². The topological polar surface area (TPSA) is 72.5 Å². The van der Waals surface area contributed by atoms with E-state index in [1.807, 2.05) is 6.92 Å². The highest BCUT2D eigenvalue weighted by Gasteiger charge is 2.24. The van der Waals surface area contributed by atoms with Crippen LogP contribution in [0.1, 0.15) is 24.2 Å². The number of amides is 1. The van der Waals surface area contributed by atoms with E-state index in [4.69, 9.17) is 38.6 Å². The molecule has 1 atom stereocenters. The number of hydrogen-bond donors (Lipinski definition) is 1. The molecule has 0 saturated carbocycles. The second-order valence-electron chi connectivity index (χ2n) is 4.21. The molecular formula is C12H14Cl3NO4S. The molecule has 0 spiro atoms. The first kappa shape index (κ1) is 18.5. The van der Waals surface area contributed by atoms with Crippen LogP contribution in [-0.2, 0) is 13.8 Å². The van der Waals surface area contributed by atoms with E-state index in [1.54, 1.807) is 6.92 Å². The van der Waals surface area contributed by atoms with Crippen molar-refractivity contribution < 1.29 is 17.9 Å². The van der Waals surface area contributed by atoms with Crippen molar-refractivity contribution in [2.24, 2.45) is 0 Å². The number of benzene rings is 1. The van der Waals surface area contributed by atoms with E-state index in [0.29, 0.717) is 13.2 Å². The lowest BCUT2D eigenvalue weighted by atomic mass is 10.2. The number of halogens is 3. The summed E-state index contributed by atoms with van der Waals surface area (Å²) in [4.78, 5) is 11.8. The number of nitrogens with one attached hydrogen (secondary N) is 1. The maximum Gasteiger partial charge on any atom is 0.262 e. The molecule has 1 N–H and O–H groups in total. The van der Waals surface area contributed by atoms with Crippen LogP contribution in [0.5, 0.6) is 0 Å². The molecule has 0 aromatic heterocycles. The number of ether oxygens (including phenoxy) is 1. The Hall–Kier alpha value is -0.530. The van der Waals surface area contributed by atoms with Crippen LogP contribution >= 0.6 is 33.9 Å². The maximum absolute atomic E-state index is 12.2. The Kier molecular flexibility index (Phi) is 6.74. The average Bonchev–Trinajstić information content (AvgIpc) is 2.34. The number of rotatable bonds is 6. The smallest absolute Gasteiger partial charge is 0.262 e. The lowest BCUT2D eigenvalue weighted by molar-refractivity contribution is 0.0872. The summed E-state index contributed by atoms with van der Waals surface area (Å²) in [5.74, 6) is -0.598. The van der Waals surface area contributed by atoms with Crippen molar-refractivity contribution in [1.29, 1.82) is 0 Å². The summed E-state index contributed by atoms with van der Waals surface area (Å²) < 4.78 is 28.0. The number of hydrogen-bond acceptors (Lipinski definition) is 4. The van der Waals surface area contributed by atoms with Gasteiger partial charge in [0.2, 0.25) is 0 Å². The van der Waals surface area contributed by atoms with E-state index in [0.717, 1.165) is 6.07 Å². The molecule has 1 aromatic carbocycles. The highest BCUT2D eigenvalue weighted by Crippen LogP contribution is 2.32. The predicted molar refractivity (Wildman–Crippen MR) is 82.9 cm³/mol. The average molecular weight is 375 g/mol. The second kappa shape index (κ2) is 7.65.